The molecule has 23 heavy (non-hydrogen) atoms. The van der Waals surface area contributed by atoms with E-state index >= 15 is 0 Å². The van der Waals surface area contributed by atoms with Gasteiger partial charge in [0.1, 0.15) is 5.75 Å². The average molecular weight is 316 g/mol. The first-order valence-corrected chi connectivity index (χ1v) is 7.84. The van der Waals surface area contributed by atoms with Crippen LogP contribution in [0.1, 0.15) is 27.2 Å². The maximum Gasteiger partial charge on any atom is 0.340 e. The fourth-order valence-corrected chi connectivity index (χ4v) is 2.64. The van der Waals surface area contributed by atoms with Gasteiger partial charge in [-0.15, -0.1) is 0 Å². The molecule has 0 atom stereocenters. The molecule has 0 bridgehead atoms. The van der Waals surface area contributed by atoms with Crippen LogP contribution in [0.15, 0.2) is 17.1 Å². The Bertz CT molecular complexity index is 761. The maximum absolute atomic E-state index is 12.5. The second-order valence-electron chi connectivity index (χ2n) is 6.24. The van der Waals surface area contributed by atoms with Crippen molar-refractivity contribution in [2.75, 3.05) is 20.7 Å². The number of nitrogens with zero attached hydrogens (tertiary/aromatic N) is 2. The first-order valence-electron chi connectivity index (χ1n) is 7.84. The molecule has 5 nitrogen and oxygen atoms in total. The summed E-state index contributed by atoms with van der Waals surface area (Å²) in [7, 11) is 3.74. The standard InChI is InChI=1S/C18H24N2O3/c1-6-23-18(22)17-14(9-11(2)3)19-13-7-8-15(21)12(16(13)17)10-20(4)5/h7-8,10-11,21H,6,9H2,1-5H3. The van der Waals surface area contributed by atoms with E-state index in [9.17, 15) is 9.90 Å². The zero-order chi connectivity index (χ0) is 17.1. The van der Waals surface area contributed by atoms with Crippen molar-refractivity contribution in [3.63, 3.8) is 0 Å². The number of carbonyl (C=O) groups is 1. The summed E-state index contributed by atoms with van der Waals surface area (Å²) in [6.45, 7) is 6.25. The molecule has 0 aromatic heterocycles. The molecule has 0 fully saturated rings. The van der Waals surface area contributed by atoms with Crippen LogP contribution in [-0.2, 0) is 9.53 Å². The minimum Gasteiger partial charge on any atom is -0.507 e. The summed E-state index contributed by atoms with van der Waals surface area (Å²) >= 11 is 0. The molecule has 2 rings (SSSR count). The zero-order valence-electron chi connectivity index (χ0n) is 14.4. The van der Waals surface area contributed by atoms with Gasteiger partial charge in [-0.05, 0) is 31.4 Å². The van der Waals surface area contributed by atoms with Crippen LogP contribution in [0.4, 0.5) is 5.69 Å². The summed E-state index contributed by atoms with van der Waals surface area (Å²) < 4.78 is 5.23. The number of aliphatic imine (C=N–C) groups is 1. The molecule has 0 radical (unpaired) electrons. The van der Waals surface area contributed by atoms with E-state index in [0.717, 1.165) is 5.71 Å². The van der Waals surface area contributed by atoms with Crippen molar-refractivity contribution in [3.8, 4) is 5.75 Å². The Hall–Kier alpha value is -2.30. The van der Waals surface area contributed by atoms with E-state index in [4.69, 9.17) is 4.74 Å². The number of esters is 1. The van der Waals surface area contributed by atoms with E-state index in [1.54, 1.807) is 25.3 Å². The monoisotopic (exact) mass is 316 g/mol. The van der Waals surface area contributed by atoms with E-state index in [-0.39, 0.29) is 11.7 Å². The van der Waals surface area contributed by atoms with Crippen LogP contribution in [-0.4, -0.2) is 42.4 Å². The zero-order valence-corrected chi connectivity index (χ0v) is 14.4. The van der Waals surface area contributed by atoms with Crippen molar-refractivity contribution in [1.82, 2.24) is 4.90 Å². The Kier molecular flexibility index (Phi) is 5.08. The Morgan fingerprint density at radius 3 is 2.65 bits per heavy atom. The second-order valence-corrected chi connectivity index (χ2v) is 6.24. The largest absolute Gasteiger partial charge is 0.507 e. The second kappa shape index (κ2) is 6.86. The number of hydrogen-bond acceptors (Lipinski definition) is 5. The van der Waals surface area contributed by atoms with Crippen LogP contribution in [0, 0.1) is 5.92 Å². The molecule has 1 N–H and O–H groups in total. The van der Waals surface area contributed by atoms with Gasteiger partial charge in [-0.3, -0.25) is 4.99 Å². The first-order chi connectivity index (χ1) is 10.8. The molecule has 1 heterocycles. The Morgan fingerprint density at radius 2 is 2.09 bits per heavy atom. The van der Waals surface area contributed by atoms with Gasteiger partial charge in [-0.2, -0.15) is 0 Å². The number of benzene rings is 1. The van der Waals surface area contributed by atoms with Gasteiger partial charge in [0.15, 0.2) is 0 Å². The molecule has 0 unspecified atom stereocenters. The molecule has 0 amide bonds. The van der Waals surface area contributed by atoms with Gasteiger partial charge >= 0.3 is 5.97 Å². The lowest BCUT2D eigenvalue weighted by molar-refractivity contribution is -0.135. The van der Waals surface area contributed by atoms with Gasteiger partial charge in [0.05, 0.1) is 23.6 Å². The fourth-order valence-electron chi connectivity index (χ4n) is 2.64. The molecule has 0 saturated heterocycles. The van der Waals surface area contributed by atoms with Crippen LogP contribution in [0.2, 0.25) is 0 Å². The smallest absolute Gasteiger partial charge is 0.340 e. The number of phenolic OH excluding ortho intramolecular Hbond substituents is 1. The number of phenols is 1. The van der Waals surface area contributed by atoms with Gasteiger partial charge in [-0.25, -0.2) is 4.79 Å². The Labute approximate surface area is 136 Å². The van der Waals surface area contributed by atoms with Crippen LogP contribution in [0.5, 0.6) is 5.75 Å². The van der Waals surface area contributed by atoms with Crippen LogP contribution in [0.3, 0.4) is 0 Å². The lowest BCUT2D eigenvalue weighted by atomic mass is 9.99. The fraction of sp³-hybridized carbons (Fsp3) is 0.444. The molecule has 0 saturated carbocycles. The summed E-state index contributed by atoms with van der Waals surface area (Å²) in [6, 6.07) is 3.35. The summed E-state index contributed by atoms with van der Waals surface area (Å²) in [6.07, 6.45) is 2.48. The van der Waals surface area contributed by atoms with Gasteiger partial charge in [0, 0.05) is 30.7 Å². The minimum atomic E-state index is -0.385. The highest BCUT2D eigenvalue weighted by atomic mass is 16.5. The lowest BCUT2D eigenvalue weighted by Crippen LogP contribution is -2.32. The number of carbonyl (C=O) groups excluding carboxylic acids is 1. The third-order valence-electron chi connectivity index (χ3n) is 3.46. The van der Waals surface area contributed by atoms with Crippen LogP contribution < -0.4 is 10.4 Å². The van der Waals surface area contributed by atoms with E-state index in [2.05, 4.69) is 18.8 Å². The number of ether oxygens (including phenoxy) is 1. The Morgan fingerprint density at radius 1 is 1.39 bits per heavy atom. The lowest BCUT2D eigenvalue weighted by Gasteiger charge is -2.09. The highest BCUT2D eigenvalue weighted by Crippen LogP contribution is 2.22. The van der Waals surface area contributed by atoms with Gasteiger partial charge in [0.2, 0.25) is 0 Å². The number of fused-ring (bicyclic) bond motifs is 1. The normalized spacial score (nSPS) is 14.1. The van der Waals surface area contributed by atoms with Crippen molar-refractivity contribution in [1.29, 1.82) is 0 Å². The molecule has 1 aliphatic heterocycles. The van der Waals surface area contributed by atoms with Crippen LogP contribution in [0.25, 0.3) is 11.8 Å². The summed E-state index contributed by atoms with van der Waals surface area (Å²) in [4.78, 5) is 18.9. The third-order valence-corrected chi connectivity index (χ3v) is 3.46. The van der Waals surface area contributed by atoms with Crippen molar-refractivity contribution in [2.24, 2.45) is 10.9 Å². The average Bonchev–Trinajstić information content (AvgIpc) is 2.79. The van der Waals surface area contributed by atoms with E-state index in [0.29, 0.717) is 40.6 Å². The van der Waals surface area contributed by atoms with Crippen molar-refractivity contribution >= 4 is 29.1 Å². The molecular weight excluding hydrogens is 292 g/mol. The third kappa shape index (κ3) is 3.55. The number of hydrogen-bond donors (Lipinski definition) is 1. The van der Waals surface area contributed by atoms with Crippen LogP contribution >= 0.6 is 0 Å². The van der Waals surface area contributed by atoms with Gasteiger partial charge in [0.25, 0.3) is 0 Å². The van der Waals surface area contributed by atoms with Gasteiger partial charge < -0.3 is 14.7 Å². The molecule has 5 heteroatoms. The summed E-state index contributed by atoms with van der Waals surface area (Å²) in [5.74, 6) is 0.104. The van der Waals surface area contributed by atoms with Crippen molar-refractivity contribution in [2.45, 2.75) is 27.2 Å². The summed E-state index contributed by atoms with van der Waals surface area (Å²) in [5, 5.41) is 11.5. The van der Waals surface area contributed by atoms with E-state index < -0.39 is 0 Å². The van der Waals surface area contributed by atoms with Crippen molar-refractivity contribution in [3.05, 3.63) is 22.6 Å². The first kappa shape index (κ1) is 17.1. The Balaban J connectivity index is 2.80. The predicted molar refractivity (Wildman–Crippen MR) is 92.1 cm³/mol. The van der Waals surface area contributed by atoms with Crippen molar-refractivity contribution < 1.29 is 14.6 Å². The maximum atomic E-state index is 12.5. The predicted octanol–water partition coefficient (Wildman–Crippen LogP) is 1.54. The van der Waals surface area contributed by atoms with Gasteiger partial charge in [-0.1, -0.05) is 13.8 Å². The quantitative estimate of drug-likeness (QED) is 0.837. The number of aromatic hydroxyl groups is 1. The molecule has 1 aliphatic rings. The molecular formula is C18H24N2O3. The molecule has 1 aromatic carbocycles. The molecule has 1 aromatic rings. The molecule has 0 spiro atoms. The topological polar surface area (TPSA) is 62.1 Å². The number of rotatable bonds is 5. The highest BCUT2D eigenvalue weighted by Gasteiger charge is 2.26. The van der Waals surface area contributed by atoms with E-state index in [1.165, 1.54) is 0 Å². The SMILES string of the molecule is CCOC(=O)C1=c2c(ccc(O)c2=CN(C)C)N=C1CC(C)C. The highest BCUT2D eigenvalue weighted by molar-refractivity contribution is 6.42. The van der Waals surface area contributed by atoms with E-state index in [1.807, 2.05) is 19.0 Å². The molecule has 0 aliphatic carbocycles. The minimum absolute atomic E-state index is 0.125. The summed E-state index contributed by atoms with van der Waals surface area (Å²) in [5.41, 5.74) is 1.90. The molecule has 124 valence electrons.